The van der Waals surface area contributed by atoms with E-state index in [1.807, 2.05) is 0 Å². The van der Waals surface area contributed by atoms with E-state index in [2.05, 4.69) is 4.98 Å². The lowest BCUT2D eigenvalue weighted by Gasteiger charge is -2.26. The van der Waals surface area contributed by atoms with E-state index in [1.165, 1.54) is 4.40 Å². The normalized spacial score (nSPS) is 15.4. The van der Waals surface area contributed by atoms with E-state index >= 15 is 0 Å². The predicted octanol–water partition coefficient (Wildman–Crippen LogP) is 2.24. The van der Waals surface area contributed by atoms with Crippen LogP contribution in [0, 0.1) is 0 Å². The van der Waals surface area contributed by atoms with Gasteiger partial charge in [-0.25, -0.2) is 4.98 Å². The molecule has 23 heavy (non-hydrogen) atoms. The fraction of sp³-hybridized carbons (Fsp3) is 0.312. The van der Waals surface area contributed by atoms with Crippen molar-refractivity contribution in [2.75, 3.05) is 13.1 Å². The maximum absolute atomic E-state index is 12.6. The van der Waals surface area contributed by atoms with Crippen LogP contribution in [-0.2, 0) is 0 Å². The Labute approximate surface area is 135 Å². The second-order valence-electron chi connectivity index (χ2n) is 5.66. The van der Waals surface area contributed by atoms with Crippen LogP contribution in [0.1, 0.15) is 28.9 Å². The Morgan fingerprint density at radius 3 is 2.78 bits per heavy atom. The highest BCUT2D eigenvalue weighted by Gasteiger charge is 2.26. The summed E-state index contributed by atoms with van der Waals surface area (Å²) in [6.45, 7) is 1.39. The van der Waals surface area contributed by atoms with Crippen molar-refractivity contribution in [3.05, 3.63) is 39.6 Å². The zero-order chi connectivity index (χ0) is 16.0. The number of hydrogen-bond donors (Lipinski definition) is 1. The lowest BCUT2D eigenvalue weighted by atomic mass is 10.1. The maximum atomic E-state index is 12.6. The van der Waals surface area contributed by atoms with E-state index in [4.69, 9.17) is 0 Å². The molecule has 1 aliphatic heterocycles. The quantitative estimate of drug-likeness (QED) is 0.743. The van der Waals surface area contributed by atoms with Gasteiger partial charge < -0.3 is 10.0 Å². The Hall–Kier alpha value is -2.41. The molecule has 0 aromatic carbocycles. The molecule has 0 saturated carbocycles. The van der Waals surface area contributed by atoms with Crippen molar-refractivity contribution in [1.29, 1.82) is 0 Å². The molecule has 1 aliphatic rings. The summed E-state index contributed by atoms with van der Waals surface area (Å²) >= 11 is 1.09. The van der Waals surface area contributed by atoms with Crippen molar-refractivity contribution in [3.63, 3.8) is 0 Å². The predicted molar refractivity (Wildman–Crippen MR) is 88.3 cm³/mol. The number of aromatic nitrogens is 2. The fourth-order valence-electron chi connectivity index (χ4n) is 2.99. The van der Waals surface area contributed by atoms with Gasteiger partial charge in [0, 0.05) is 19.3 Å². The van der Waals surface area contributed by atoms with E-state index in [-0.39, 0.29) is 27.5 Å². The molecule has 0 radical (unpaired) electrons. The second kappa shape index (κ2) is 5.34. The van der Waals surface area contributed by atoms with Crippen LogP contribution in [0.4, 0.5) is 0 Å². The Balaban J connectivity index is 1.90. The number of pyridine rings is 1. The standard InChI is InChI=1S/C16H15N3O3S/c20-12-11-14(17-10-6-2-5-9-19(10)15(11)21)23-13(12)16(22)18-7-3-1-4-8-18/h2,5-6,9,20H,1,3-4,7-8H2. The first-order valence-electron chi connectivity index (χ1n) is 7.59. The average Bonchev–Trinajstić information content (AvgIpc) is 2.92. The molecule has 1 N–H and O–H groups in total. The largest absolute Gasteiger partial charge is 0.505 e. The van der Waals surface area contributed by atoms with E-state index in [1.54, 1.807) is 29.3 Å². The number of piperidine rings is 1. The molecular formula is C16H15N3O3S. The van der Waals surface area contributed by atoms with Gasteiger partial charge in [0.15, 0.2) is 5.75 Å². The van der Waals surface area contributed by atoms with Crippen LogP contribution in [-0.4, -0.2) is 38.4 Å². The highest BCUT2D eigenvalue weighted by Crippen LogP contribution is 2.35. The second-order valence-corrected chi connectivity index (χ2v) is 6.66. The molecule has 1 fully saturated rings. The summed E-state index contributed by atoms with van der Waals surface area (Å²) in [5, 5.41) is 10.6. The van der Waals surface area contributed by atoms with Crippen LogP contribution in [0.3, 0.4) is 0 Å². The zero-order valence-electron chi connectivity index (χ0n) is 12.4. The van der Waals surface area contributed by atoms with Crippen LogP contribution in [0.15, 0.2) is 29.2 Å². The molecule has 7 heteroatoms. The molecule has 118 valence electrons. The van der Waals surface area contributed by atoms with Crippen LogP contribution < -0.4 is 5.56 Å². The van der Waals surface area contributed by atoms with Gasteiger partial charge in [-0.05, 0) is 31.4 Å². The molecule has 6 nitrogen and oxygen atoms in total. The minimum Gasteiger partial charge on any atom is -0.505 e. The number of likely N-dealkylation sites (tertiary alicyclic amines) is 1. The molecule has 1 amide bonds. The van der Waals surface area contributed by atoms with E-state index in [0.29, 0.717) is 23.6 Å². The molecular weight excluding hydrogens is 314 g/mol. The number of nitrogens with zero attached hydrogens (tertiary/aromatic N) is 3. The van der Waals surface area contributed by atoms with E-state index in [0.717, 1.165) is 30.6 Å². The smallest absolute Gasteiger partial charge is 0.270 e. The Kier molecular flexibility index (Phi) is 3.30. The Morgan fingerprint density at radius 2 is 2.00 bits per heavy atom. The number of amides is 1. The molecule has 4 rings (SSSR count). The number of fused-ring (bicyclic) bond motifs is 2. The third-order valence-electron chi connectivity index (χ3n) is 4.19. The molecule has 4 heterocycles. The van der Waals surface area contributed by atoms with Gasteiger partial charge in [0.25, 0.3) is 11.5 Å². The minimum atomic E-state index is -0.350. The number of carbonyl (C=O) groups is 1. The van der Waals surface area contributed by atoms with Crippen LogP contribution >= 0.6 is 11.3 Å². The van der Waals surface area contributed by atoms with Crippen molar-refractivity contribution in [1.82, 2.24) is 14.3 Å². The monoisotopic (exact) mass is 329 g/mol. The SMILES string of the molecule is O=C(c1sc2nc3ccccn3c(=O)c2c1O)N1CCCCC1. The van der Waals surface area contributed by atoms with Gasteiger partial charge in [-0.3, -0.25) is 14.0 Å². The first-order valence-corrected chi connectivity index (χ1v) is 8.40. The fourth-order valence-corrected chi connectivity index (χ4v) is 4.02. The summed E-state index contributed by atoms with van der Waals surface area (Å²) in [4.78, 5) is 32.0. The molecule has 0 spiro atoms. The van der Waals surface area contributed by atoms with E-state index < -0.39 is 0 Å². The van der Waals surface area contributed by atoms with Crippen molar-refractivity contribution in [2.45, 2.75) is 19.3 Å². The zero-order valence-corrected chi connectivity index (χ0v) is 13.2. The third kappa shape index (κ3) is 2.19. The summed E-state index contributed by atoms with van der Waals surface area (Å²) in [6, 6.07) is 5.25. The van der Waals surface area contributed by atoms with Gasteiger partial charge in [-0.15, -0.1) is 11.3 Å². The number of carbonyl (C=O) groups excluding carboxylic acids is 1. The van der Waals surface area contributed by atoms with E-state index in [9.17, 15) is 14.7 Å². The van der Waals surface area contributed by atoms with Crippen molar-refractivity contribution in [3.8, 4) is 5.75 Å². The summed E-state index contributed by atoms with van der Waals surface area (Å²) in [5.74, 6) is -0.449. The average molecular weight is 329 g/mol. The van der Waals surface area contributed by atoms with Crippen molar-refractivity contribution < 1.29 is 9.90 Å². The summed E-state index contributed by atoms with van der Waals surface area (Å²) in [7, 11) is 0. The van der Waals surface area contributed by atoms with Crippen molar-refractivity contribution in [2.24, 2.45) is 0 Å². The number of thiophene rings is 1. The highest BCUT2D eigenvalue weighted by atomic mass is 32.1. The highest BCUT2D eigenvalue weighted by molar-refractivity contribution is 7.20. The lowest BCUT2D eigenvalue weighted by molar-refractivity contribution is 0.0726. The van der Waals surface area contributed by atoms with Gasteiger partial charge >= 0.3 is 0 Å². The first-order chi connectivity index (χ1) is 11.2. The van der Waals surface area contributed by atoms with Crippen LogP contribution in [0.25, 0.3) is 15.9 Å². The van der Waals surface area contributed by atoms with Crippen LogP contribution in [0.5, 0.6) is 5.75 Å². The van der Waals surface area contributed by atoms with Gasteiger partial charge in [0.2, 0.25) is 0 Å². The number of hydrogen-bond acceptors (Lipinski definition) is 5. The number of rotatable bonds is 1. The van der Waals surface area contributed by atoms with Gasteiger partial charge in [-0.2, -0.15) is 0 Å². The Morgan fingerprint density at radius 1 is 1.22 bits per heavy atom. The lowest BCUT2D eigenvalue weighted by Crippen LogP contribution is -2.35. The Bertz CT molecular complexity index is 970. The summed E-state index contributed by atoms with van der Waals surface area (Å²) < 4.78 is 1.38. The molecule has 3 aromatic rings. The molecule has 0 unspecified atom stereocenters. The van der Waals surface area contributed by atoms with Gasteiger partial charge in [0.05, 0.1) is 0 Å². The topological polar surface area (TPSA) is 74.9 Å². The molecule has 0 atom stereocenters. The molecule has 1 saturated heterocycles. The first kappa shape index (κ1) is 14.2. The van der Waals surface area contributed by atoms with Gasteiger partial charge in [-0.1, -0.05) is 6.07 Å². The minimum absolute atomic E-state index is 0.124. The summed E-state index contributed by atoms with van der Waals surface area (Å²) in [6.07, 6.45) is 4.67. The summed E-state index contributed by atoms with van der Waals surface area (Å²) in [5.41, 5.74) is 0.153. The molecule has 0 bridgehead atoms. The molecule has 3 aromatic heterocycles. The van der Waals surface area contributed by atoms with Gasteiger partial charge in [0.1, 0.15) is 20.7 Å². The van der Waals surface area contributed by atoms with Crippen LogP contribution in [0.2, 0.25) is 0 Å². The van der Waals surface area contributed by atoms with Crippen molar-refractivity contribution >= 4 is 33.1 Å². The maximum Gasteiger partial charge on any atom is 0.270 e. The number of aromatic hydroxyl groups is 1. The third-order valence-corrected chi connectivity index (χ3v) is 5.25. The molecule has 0 aliphatic carbocycles.